The van der Waals surface area contributed by atoms with Gasteiger partial charge in [-0.3, -0.25) is 14.4 Å². The number of nitrogens with zero attached hydrogens (tertiary/aromatic N) is 1. The normalized spacial score (nSPS) is 15.0. The fraction of sp³-hybridized carbons (Fsp3) is 0.400. The van der Waals surface area contributed by atoms with Crippen molar-refractivity contribution in [3.8, 4) is 0 Å². The van der Waals surface area contributed by atoms with Crippen LogP contribution in [0.5, 0.6) is 0 Å². The fourth-order valence-electron chi connectivity index (χ4n) is 3.94. The van der Waals surface area contributed by atoms with Crippen LogP contribution in [0.2, 0.25) is 0 Å². The first-order valence-electron chi connectivity index (χ1n) is 11.3. The van der Waals surface area contributed by atoms with E-state index < -0.39 is 5.97 Å². The van der Waals surface area contributed by atoms with Gasteiger partial charge in [-0.05, 0) is 55.5 Å². The highest BCUT2D eigenvalue weighted by Crippen LogP contribution is 2.30. The lowest BCUT2D eigenvalue weighted by Gasteiger charge is -2.32. The number of carbonyl (C=O) groups is 3. The van der Waals surface area contributed by atoms with Crippen molar-refractivity contribution in [2.45, 2.75) is 51.6 Å². The van der Waals surface area contributed by atoms with Crippen LogP contribution in [0, 0.1) is 0 Å². The zero-order valence-electron chi connectivity index (χ0n) is 18.4. The molecule has 2 aromatic rings. The van der Waals surface area contributed by atoms with E-state index in [1.54, 1.807) is 13.0 Å². The second-order valence-electron chi connectivity index (χ2n) is 8.27. The molecule has 0 unspecified atom stereocenters. The monoisotopic (exact) mass is 435 g/mol. The predicted octanol–water partition coefficient (Wildman–Crippen LogP) is 3.42. The Kier molecular flexibility index (Phi) is 6.73. The smallest absolute Gasteiger partial charge is 0.306 e. The number of rotatable bonds is 8. The van der Waals surface area contributed by atoms with Crippen molar-refractivity contribution in [2.75, 3.05) is 23.4 Å². The lowest BCUT2D eigenvalue weighted by atomic mass is 9.98. The third kappa shape index (κ3) is 5.46. The van der Waals surface area contributed by atoms with Gasteiger partial charge in [0.1, 0.15) is 0 Å². The van der Waals surface area contributed by atoms with E-state index >= 15 is 0 Å². The van der Waals surface area contributed by atoms with E-state index in [0.29, 0.717) is 17.9 Å². The minimum Gasteiger partial charge on any atom is -0.466 e. The minimum atomic E-state index is -0.395. The van der Waals surface area contributed by atoms with Crippen LogP contribution >= 0.6 is 0 Å². The molecule has 0 bridgehead atoms. The van der Waals surface area contributed by atoms with Crippen LogP contribution in [-0.2, 0) is 27.3 Å². The highest BCUT2D eigenvalue weighted by molar-refractivity contribution is 6.02. The van der Waals surface area contributed by atoms with Crippen LogP contribution in [-0.4, -0.2) is 37.0 Å². The Morgan fingerprint density at radius 3 is 2.59 bits per heavy atom. The van der Waals surface area contributed by atoms with Crippen LogP contribution in [0.25, 0.3) is 0 Å². The molecule has 1 heterocycles. The number of anilines is 2. The number of hydrogen-bond donors (Lipinski definition) is 2. The summed E-state index contributed by atoms with van der Waals surface area (Å²) in [5, 5.41) is 5.87. The van der Waals surface area contributed by atoms with Crippen molar-refractivity contribution < 1.29 is 19.1 Å². The SMILES string of the molecule is CCOC(=O)CCC(=O)Nc1ccc(N2CCc3ccccc3C2)c(C(=O)NC2CC2)c1. The zero-order chi connectivity index (χ0) is 22.5. The van der Waals surface area contributed by atoms with Gasteiger partial charge in [-0.2, -0.15) is 0 Å². The molecule has 4 rings (SSSR count). The maximum atomic E-state index is 13.0. The van der Waals surface area contributed by atoms with Crippen LogP contribution < -0.4 is 15.5 Å². The van der Waals surface area contributed by atoms with Crippen LogP contribution in [0.1, 0.15) is 54.1 Å². The molecule has 7 heteroatoms. The molecule has 0 spiro atoms. The third-order valence-electron chi connectivity index (χ3n) is 5.77. The third-order valence-corrected chi connectivity index (χ3v) is 5.77. The summed E-state index contributed by atoms with van der Waals surface area (Å²) < 4.78 is 4.87. The summed E-state index contributed by atoms with van der Waals surface area (Å²) in [5.41, 5.74) is 4.57. The van der Waals surface area contributed by atoms with Crippen molar-refractivity contribution in [1.29, 1.82) is 0 Å². The Morgan fingerprint density at radius 1 is 1.06 bits per heavy atom. The molecule has 1 aliphatic carbocycles. The van der Waals surface area contributed by atoms with Crippen LogP contribution in [0.3, 0.4) is 0 Å². The fourth-order valence-corrected chi connectivity index (χ4v) is 3.94. The predicted molar refractivity (Wildman–Crippen MR) is 123 cm³/mol. The molecule has 1 saturated carbocycles. The molecule has 32 heavy (non-hydrogen) atoms. The van der Waals surface area contributed by atoms with Crippen molar-refractivity contribution in [1.82, 2.24) is 5.32 Å². The lowest BCUT2D eigenvalue weighted by molar-refractivity contribution is -0.144. The molecule has 2 aliphatic rings. The molecule has 7 nitrogen and oxygen atoms in total. The van der Waals surface area contributed by atoms with E-state index in [1.807, 2.05) is 18.2 Å². The van der Waals surface area contributed by atoms with Gasteiger partial charge < -0.3 is 20.3 Å². The number of nitrogens with one attached hydrogen (secondary N) is 2. The average Bonchev–Trinajstić information content (AvgIpc) is 3.61. The van der Waals surface area contributed by atoms with E-state index in [-0.39, 0.29) is 30.7 Å². The quantitative estimate of drug-likeness (QED) is 0.621. The number of ether oxygens (including phenoxy) is 1. The summed E-state index contributed by atoms with van der Waals surface area (Å²) in [4.78, 5) is 39.0. The highest BCUT2D eigenvalue weighted by Gasteiger charge is 2.27. The molecule has 2 amide bonds. The van der Waals surface area contributed by atoms with Crippen LogP contribution in [0.15, 0.2) is 42.5 Å². The highest BCUT2D eigenvalue weighted by atomic mass is 16.5. The van der Waals surface area contributed by atoms with Gasteiger partial charge in [-0.25, -0.2) is 0 Å². The summed E-state index contributed by atoms with van der Waals surface area (Å²) in [7, 11) is 0. The molecule has 2 N–H and O–H groups in total. The summed E-state index contributed by atoms with van der Waals surface area (Å²) in [6.07, 6.45) is 2.99. The zero-order valence-corrected chi connectivity index (χ0v) is 18.4. The van der Waals surface area contributed by atoms with Crippen molar-refractivity contribution >= 4 is 29.2 Å². The van der Waals surface area contributed by atoms with E-state index in [0.717, 1.165) is 38.0 Å². The molecule has 0 radical (unpaired) electrons. The van der Waals surface area contributed by atoms with Gasteiger partial charge in [0.2, 0.25) is 5.91 Å². The Labute approximate surface area is 188 Å². The molecule has 0 saturated heterocycles. The summed E-state index contributed by atoms with van der Waals surface area (Å²) >= 11 is 0. The van der Waals surface area contributed by atoms with Crippen molar-refractivity contribution in [2.24, 2.45) is 0 Å². The van der Waals surface area contributed by atoms with E-state index in [9.17, 15) is 14.4 Å². The first-order chi connectivity index (χ1) is 15.5. The number of fused-ring (bicyclic) bond motifs is 1. The molecule has 0 aromatic heterocycles. The summed E-state index contributed by atoms with van der Waals surface area (Å²) in [6.45, 7) is 3.59. The maximum absolute atomic E-state index is 13.0. The van der Waals surface area contributed by atoms with E-state index in [1.165, 1.54) is 11.1 Å². The standard InChI is InChI=1S/C25H29N3O4/c1-2-32-24(30)12-11-23(29)26-20-9-10-22(21(15-20)25(31)27-19-7-8-19)28-14-13-17-5-3-4-6-18(17)16-28/h3-6,9-10,15,19H,2,7-8,11-14,16H2,1H3,(H,26,29)(H,27,31). The topological polar surface area (TPSA) is 87.7 Å². The van der Waals surface area contributed by atoms with Gasteiger partial charge in [0.05, 0.1) is 18.6 Å². The molecular weight excluding hydrogens is 406 g/mol. The molecular formula is C25H29N3O4. The first-order valence-corrected chi connectivity index (χ1v) is 11.3. The Balaban J connectivity index is 1.51. The second-order valence-corrected chi connectivity index (χ2v) is 8.27. The Morgan fingerprint density at radius 2 is 1.84 bits per heavy atom. The summed E-state index contributed by atoms with van der Waals surface area (Å²) in [6, 6.07) is 14.1. The molecule has 0 atom stereocenters. The molecule has 2 aromatic carbocycles. The van der Waals surface area contributed by atoms with E-state index in [2.05, 4.69) is 33.7 Å². The minimum absolute atomic E-state index is 0.0277. The number of esters is 1. The van der Waals surface area contributed by atoms with Gasteiger partial charge in [-0.15, -0.1) is 0 Å². The van der Waals surface area contributed by atoms with Gasteiger partial charge in [0.25, 0.3) is 5.91 Å². The maximum Gasteiger partial charge on any atom is 0.306 e. The Hall–Kier alpha value is -3.35. The number of carbonyl (C=O) groups excluding carboxylic acids is 3. The summed E-state index contributed by atoms with van der Waals surface area (Å²) in [5.74, 6) is -0.803. The largest absolute Gasteiger partial charge is 0.466 e. The lowest BCUT2D eigenvalue weighted by Crippen LogP contribution is -2.33. The second kappa shape index (κ2) is 9.85. The first kappa shape index (κ1) is 21.9. The number of benzene rings is 2. The number of amides is 2. The van der Waals surface area contributed by atoms with Gasteiger partial charge in [0, 0.05) is 36.9 Å². The average molecular weight is 436 g/mol. The van der Waals surface area contributed by atoms with Gasteiger partial charge >= 0.3 is 5.97 Å². The van der Waals surface area contributed by atoms with Gasteiger partial charge in [0.15, 0.2) is 0 Å². The molecule has 168 valence electrons. The van der Waals surface area contributed by atoms with Crippen molar-refractivity contribution in [3.05, 3.63) is 59.2 Å². The molecule has 1 fully saturated rings. The van der Waals surface area contributed by atoms with Crippen LogP contribution in [0.4, 0.5) is 11.4 Å². The number of hydrogen-bond acceptors (Lipinski definition) is 5. The van der Waals surface area contributed by atoms with Crippen molar-refractivity contribution in [3.63, 3.8) is 0 Å². The molecule has 1 aliphatic heterocycles. The van der Waals surface area contributed by atoms with Gasteiger partial charge in [-0.1, -0.05) is 24.3 Å². The van der Waals surface area contributed by atoms with E-state index in [4.69, 9.17) is 4.74 Å². The Bertz CT molecular complexity index is 1020.